The molecule has 0 saturated heterocycles. The van der Waals surface area contributed by atoms with E-state index in [1.54, 1.807) is 6.07 Å². The molecule has 2 aromatic carbocycles. The van der Waals surface area contributed by atoms with E-state index in [2.05, 4.69) is 0 Å². The standard InChI is InChI=1S/C13H10F2O2/c1-17-11-2-3-13(16)12(7-11)8-4-9(14)6-10(15)5-8/h2-7,16H,1H3. The number of phenols is 1. The largest absolute Gasteiger partial charge is 0.507 e. The minimum atomic E-state index is -0.692. The molecule has 4 heteroatoms. The first-order valence-corrected chi connectivity index (χ1v) is 4.93. The van der Waals surface area contributed by atoms with Crippen LogP contribution in [0, 0.1) is 11.6 Å². The molecule has 0 radical (unpaired) electrons. The molecule has 0 heterocycles. The molecule has 0 aliphatic rings. The second-order valence-corrected chi connectivity index (χ2v) is 3.54. The van der Waals surface area contributed by atoms with Crippen molar-refractivity contribution in [1.29, 1.82) is 0 Å². The minimum Gasteiger partial charge on any atom is -0.507 e. The monoisotopic (exact) mass is 236 g/mol. The smallest absolute Gasteiger partial charge is 0.126 e. The molecule has 0 aliphatic heterocycles. The maximum absolute atomic E-state index is 13.1. The highest BCUT2D eigenvalue weighted by Gasteiger charge is 2.09. The van der Waals surface area contributed by atoms with Gasteiger partial charge in [-0.05, 0) is 35.9 Å². The van der Waals surface area contributed by atoms with E-state index < -0.39 is 11.6 Å². The van der Waals surface area contributed by atoms with Crippen molar-refractivity contribution < 1.29 is 18.6 Å². The quantitative estimate of drug-likeness (QED) is 0.866. The summed E-state index contributed by atoms with van der Waals surface area (Å²) in [4.78, 5) is 0. The minimum absolute atomic E-state index is 0.0594. The number of hydrogen-bond acceptors (Lipinski definition) is 2. The van der Waals surface area contributed by atoms with Crippen molar-refractivity contribution in [3.8, 4) is 22.6 Å². The SMILES string of the molecule is COc1ccc(O)c(-c2cc(F)cc(F)c2)c1. The van der Waals surface area contributed by atoms with Gasteiger partial charge < -0.3 is 9.84 Å². The van der Waals surface area contributed by atoms with Crippen LogP contribution in [0.25, 0.3) is 11.1 Å². The van der Waals surface area contributed by atoms with E-state index in [1.807, 2.05) is 0 Å². The third kappa shape index (κ3) is 2.36. The van der Waals surface area contributed by atoms with Crippen molar-refractivity contribution >= 4 is 0 Å². The zero-order chi connectivity index (χ0) is 12.4. The predicted octanol–water partition coefficient (Wildman–Crippen LogP) is 3.35. The van der Waals surface area contributed by atoms with Gasteiger partial charge in [-0.1, -0.05) is 0 Å². The Morgan fingerprint density at radius 3 is 2.24 bits per heavy atom. The van der Waals surface area contributed by atoms with Crippen LogP contribution in [0.3, 0.4) is 0 Å². The first-order valence-electron chi connectivity index (χ1n) is 4.93. The van der Waals surface area contributed by atoms with Crippen LogP contribution in [-0.2, 0) is 0 Å². The molecule has 0 unspecified atom stereocenters. The summed E-state index contributed by atoms with van der Waals surface area (Å²) >= 11 is 0. The van der Waals surface area contributed by atoms with Crippen LogP contribution in [-0.4, -0.2) is 12.2 Å². The molecule has 0 atom stereocenters. The summed E-state index contributed by atoms with van der Waals surface area (Å²) in [7, 11) is 1.47. The topological polar surface area (TPSA) is 29.5 Å². The molecule has 0 amide bonds. The van der Waals surface area contributed by atoms with Crippen LogP contribution in [0.2, 0.25) is 0 Å². The van der Waals surface area contributed by atoms with Gasteiger partial charge in [-0.2, -0.15) is 0 Å². The molecule has 0 aliphatic carbocycles. The van der Waals surface area contributed by atoms with Crippen LogP contribution in [0.5, 0.6) is 11.5 Å². The maximum atomic E-state index is 13.1. The number of phenolic OH excluding ortho intramolecular Hbond substituents is 1. The molecule has 2 aromatic rings. The Morgan fingerprint density at radius 1 is 1.00 bits per heavy atom. The fourth-order valence-electron chi connectivity index (χ4n) is 1.58. The van der Waals surface area contributed by atoms with Gasteiger partial charge in [-0.3, -0.25) is 0 Å². The summed E-state index contributed by atoms with van der Waals surface area (Å²) in [6, 6.07) is 7.57. The fraction of sp³-hybridized carbons (Fsp3) is 0.0769. The van der Waals surface area contributed by atoms with Gasteiger partial charge in [0.05, 0.1) is 7.11 Å². The Balaban J connectivity index is 2.58. The summed E-state index contributed by atoms with van der Waals surface area (Å²) in [5, 5.41) is 9.67. The van der Waals surface area contributed by atoms with Crippen LogP contribution >= 0.6 is 0 Å². The van der Waals surface area contributed by atoms with Gasteiger partial charge in [0.2, 0.25) is 0 Å². The third-order valence-corrected chi connectivity index (χ3v) is 2.38. The average molecular weight is 236 g/mol. The number of aromatic hydroxyl groups is 1. The van der Waals surface area contributed by atoms with E-state index in [0.717, 1.165) is 18.2 Å². The molecule has 0 aromatic heterocycles. The summed E-state index contributed by atoms with van der Waals surface area (Å²) in [5.41, 5.74) is 0.585. The summed E-state index contributed by atoms with van der Waals surface area (Å²) in [6.07, 6.45) is 0. The lowest BCUT2D eigenvalue weighted by Crippen LogP contribution is -1.87. The van der Waals surface area contributed by atoms with Crippen molar-refractivity contribution in [2.75, 3.05) is 7.11 Å². The zero-order valence-electron chi connectivity index (χ0n) is 9.08. The molecule has 0 bridgehead atoms. The number of ether oxygens (including phenoxy) is 1. The molecule has 1 N–H and O–H groups in total. The van der Waals surface area contributed by atoms with E-state index in [9.17, 15) is 13.9 Å². The Morgan fingerprint density at radius 2 is 1.65 bits per heavy atom. The molecule has 2 nitrogen and oxygen atoms in total. The lowest BCUT2D eigenvalue weighted by Gasteiger charge is -2.07. The summed E-state index contributed by atoms with van der Waals surface area (Å²) in [6.45, 7) is 0. The molecular formula is C13H10F2O2. The first-order chi connectivity index (χ1) is 8.10. The predicted molar refractivity (Wildman–Crippen MR) is 60.0 cm³/mol. The van der Waals surface area contributed by atoms with Crippen molar-refractivity contribution in [2.45, 2.75) is 0 Å². The third-order valence-electron chi connectivity index (χ3n) is 2.38. The van der Waals surface area contributed by atoms with Gasteiger partial charge >= 0.3 is 0 Å². The van der Waals surface area contributed by atoms with Gasteiger partial charge in [0, 0.05) is 11.6 Å². The number of rotatable bonds is 2. The zero-order valence-corrected chi connectivity index (χ0v) is 9.08. The molecule has 17 heavy (non-hydrogen) atoms. The van der Waals surface area contributed by atoms with Gasteiger partial charge in [0.1, 0.15) is 23.1 Å². The van der Waals surface area contributed by atoms with Crippen LogP contribution in [0.1, 0.15) is 0 Å². The highest BCUT2D eigenvalue weighted by molar-refractivity contribution is 5.71. The Hall–Kier alpha value is -2.10. The second-order valence-electron chi connectivity index (χ2n) is 3.54. The van der Waals surface area contributed by atoms with Gasteiger partial charge in [-0.25, -0.2) is 8.78 Å². The second kappa shape index (κ2) is 4.41. The normalized spacial score (nSPS) is 10.3. The van der Waals surface area contributed by atoms with Crippen molar-refractivity contribution in [1.82, 2.24) is 0 Å². The lowest BCUT2D eigenvalue weighted by molar-refractivity contribution is 0.412. The average Bonchev–Trinajstić information content (AvgIpc) is 2.28. The molecular weight excluding hydrogens is 226 g/mol. The van der Waals surface area contributed by atoms with E-state index in [4.69, 9.17) is 4.74 Å². The highest BCUT2D eigenvalue weighted by atomic mass is 19.1. The number of hydrogen-bond donors (Lipinski definition) is 1. The first kappa shape index (κ1) is 11.4. The molecule has 88 valence electrons. The Kier molecular flexibility index (Phi) is 2.95. The van der Waals surface area contributed by atoms with E-state index in [1.165, 1.54) is 19.2 Å². The van der Waals surface area contributed by atoms with Crippen LogP contribution in [0.4, 0.5) is 8.78 Å². The highest BCUT2D eigenvalue weighted by Crippen LogP contribution is 2.33. The van der Waals surface area contributed by atoms with E-state index in [-0.39, 0.29) is 11.3 Å². The molecule has 0 fully saturated rings. The van der Waals surface area contributed by atoms with Gasteiger partial charge in [0.25, 0.3) is 0 Å². The van der Waals surface area contributed by atoms with Crippen molar-refractivity contribution in [3.05, 3.63) is 48.0 Å². The number of methoxy groups -OCH3 is 1. The van der Waals surface area contributed by atoms with Gasteiger partial charge in [0.15, 0.2) is 0 Å². The van der Waals surface area contributed by atoms with Crippen LogP contribution < -0.4 is 4.74 Å². The maximum Gasteiger partial charge on any atom is 0.126 e. The fourth-order valence-corrected chi connectivity index (χ4v) is 1.58. The molecule has 0 spiro atoms. The van der Waals surface area contributed by atoms with E-state index in [0.29, 0.717) is 11.3 Å². The lowest BCUT2D eigenvalue weighted by atomic mass is 10.0. The van der Waals surface area contributed by atoms with Crippen molar-refractivity contribution in [2.24, 2.45) is 0 Å². The molecule has 2 rings (SSSR count). The number of halogens is 2. The van der Waals surface area contributed by atoms with Crippen LogP contribution in [0.15, 0.2) is 36.4 Å². The summed E-state index contributed by atoms with van der Waals surface area (Å²) in [5.74, 6) is -0.942. The Bertz CT molecular complexity index is 533. The van der Waals surface area contributed by atoms with E-state index >= 15 is 0 Å². The summed E-state index contributed by atoms with van der Waals surface area (Å²) < 4.78 is 31.1. The molecule has 0 saturated carbocycles. The van der Waals surface area contributed by atoms with Gasteiger partial charge in [-0.15, -0.1) is 0 Å². The number of benzene rings is 2. The van der Waals surface area contributed by atoms with Crippen molar-refractivity contribution in [3.63, 3.8) is 0 Å². The Labute approximate surface area is 97.1 Å².